The number of alkyl halides is 3. The molecule has 2 aliphatic rings. The maximum atomic E-state index is 12.0. The van der Waals surface area contributed by atoms with Crippen LogP contribution in [0.4, 0.5) is 13.2 Å². The first-order chi connectivity index (χ1) is 7.24. The average molecular weight is 238 g/mol. The summed E-state index contributed by atoms with van der Waals surface area (Å²) in [6.07, 6.45) is -4.42. The van der Waals surface area contributed by atoms with Crippen molar-refractivity contribution in [1.82, 2.24) is 5.32 Å². The van der Waals surface area contributed by atoms with Crippen molar-refractivity contribution in [2.45, 2.75) is 30.8 Å². The van der Waals surface area contributed by atoms with Crippen LogP contribution in [-0.2, 0) is 14.3 Å². The maximum Gasteiger partial charge on any atom is 0.490 e. The van der Waals surface area contributed by atoms with Crippen LogP contribution >= 0.6 is 0 Å². The van der Waals surface area contributed by atoms with Gasteiger partial charge in [0.25, 0.3) is 0 Å². The van der Waals surface area contributed by atoms with Crippen molar-refractivity contribution in [3.8, 4) is 0 Å². The van der Waals surface area contributed by atoms with E-state index in [1.54, 1.807) is 0 Å². The van der Waals surface area contributed by atoms with Crippen LogP contribution in [0.3, 0.4) is 0 Å². The smallest absolute Gasteiger partial charge is 0.437 e. The molecule has 3 atom stereocenters. The zero-order chi connectivity index (χ0) is 12.1. The Hall–Kier alpha value is -1.31. The highest BCUT2D eigenvalue weighted by Gasteiger charge is 2.66. The van der Waals surface area contributed by atoms with Gasteiger partial charge in [0.05, 0.1) is 6.04 Å². The predicted molar refractivity (Wildman–Crippen MR) is 43.7 cm³/mol. The Balaban J connectivity index is 1.98. The number of fused-ring (bicyclic) bond motifs is 1. The fraction of sp³-hybridized carbons (Fsp3) is 0.750. The first-order valence-electron chi connectivity index (χ1n) is 4.62. The number of primary amides is 1. The number of rotatable bonds is 2. The van der Waals surface area contributed by atoms with Gasteiger partial charge >= 0.3 is 12.1 Å². The highest BCUT2D eigenvalue weighted by molar-refractivity contribution is 5.81. The van der Waals surface area contributed by atoms with Crippen molar-refractivity contribution >= 4 is 11.9 Å². The van der Waals surface area contributed by atoms with Gasteiger partial charge in [-0.2, -0.15) is 13.2 Å². The van der Waals surface area contributed by atoms with Crippen molar-refractivity contribution in [3.63, 3.8) is 0 Å². The monoisotopic (exact) mass is 238 g/mol. The second-order valence-corrected chi connectivity index (χ2v) is 4.01. The van der Waals surface area contributed by atoms with E-state index in [0.717, 1.165) is 0 Å². The number of halogens is 3. The number of ether oxygens (including phenoxy) is 1. The van der Waals surface area contributed by atoms with E-state index in [2.05, 4.69) is 10.1 Å². The zero-order valence-electron chi connectivity index (χ0n) is 8.00. The molecule has 1 aliphatic heterocycles. The topological polar surface area (TPSA) is 81.4 Å². The van der Waals surface area contributed by atoms with E-state index in [9.17, 15) is 22.8 Å². The number of hydrogen-bond donors (Lipinski definition) is 2. The third-order valence-corrected chi connectivity index (χ3v) is 2.84. The molecule has 2 rings (SSSR count). The quantitative estimate of drug-likeness (QED) is 0.644. The molecule has 0 spiro atoms. The number of piperidine rings is 1. The van der Waals surface area contributed by atoms with E-state index in [1.807, 2.05) is 0 Å². The first kappa shape index (κ1) is 11.2. The van der Waals surface area contributed by atoms with Gasteiger partial charge in [-0.05, 0) is 6.42 Å². The second kappa shape index (κ2) is 3.09. The minimum atomic E-state index is -5.02. The van der Waals surface area contributed by atoms with E-state index in [4.69, 9.17) is 5.73 Å². The Labute approximate surface area is 88.1 Å². The fourth-order valence-corrected chi connectivity index (χ4v) is 1.96. The molecule has 0 radical (unpaired) electrons. The Morgan fingerprint density at radius 2 is 2.06 bits per heavy atom. The molecule has 1 saturated heterocycles. The highest BCUT2D eigenvalue weighted by atomic mass is 19.4. The lowest BCUT2D eigenvalue weighted by atomic mass is 10.2. The summed E-state index contributed by atoms with van der Waals surface area (Å²) in [6.45, 7) is 0. The first-order valence-corrected chi connectivity index (χ1v) is 4.62. The number of carbonyl (C=O) groups is 2. The van der Waals surface area contributed by atoms with E-state index in [-0.39, 0.29) is 5.92 Å². The van der Waals surface area contributed by atoms with Gasteiger partial charge in [-0.15, -0.1) is 0 Å². The van der Waals surface area contributed by atoms with Crippen molar-refractivity contribution in [3.05, 3.63) is 0 Å². The molecule has 1 heterocycles. The minimum Gasteiger partial charge on any atom is -0.437 e. The summed E-state index contributed by atoms with van der Waals surface area (Å²) in [4.78, 5) is 21.4. The summed E-state index contributed by atoms with van der Waals surface area (Å²) in [5.74, 6) is -3.15. The third kappa shape index (κ3) is 1.73. The molecule has 0 bridgehead atoms. The van der Waals surface area contributed by atoms with Gasteiger partial charge in [-0.25, -0.2) is 4.79 Å². The highest BCUT2D eigenvalue weighted by Crippen LogP contribution is 2.53. The number of carbonyl (C=O) groups excluding carboxylic acids is 2. The minimum absolute atomic E-state index is 0.253. The van der Waals surface area contributed by atoms with Gasteiger partial charge < -0.3 is 10.5 Å². The molecule has 2 fully saturated rings. The third-order valence-electron chi connectivity index (χ3n) is 2.84. The zero-order valence-corrected chi connectivity index (χ0v) is 8.00. The second-order valence-electron chi connectivity index (χ2n) is 4.01. The lowest BCUT2D eigenvalue weighted by Gasteiger charge is -2.18. The molecule has 0 aromatic heterocycles. The van der Waals surface area contributed by atoms with Gasteiger partial charge in [0.15, 0.2) is 5.72 Å². The van der Waals surface area contributed by atoms with E-state index in [1.165, 1.54) is 0 Å². The van der Waals surface area contributed by atoms with Crippen molar-refractivity contribution in [2.24, 2.45) is 11.7 Å². The number of nitrogens with one attached hydrogen (secondary N) is 1. The van der Waals surface area contributed by atoms with Gasteiger partial charge in [0, 0.05) is 12.3 Å². The number of esters is 1. The SMILES string of the molecule is NC(=O)[C@@H]1C[C@H]2C[C@@]2(OC(=O)C(F)(F)F)N1. The van der Waals surface area contributed by atoms with E-state index in [0.29, 0.717) is 12.8 Å². The van der Waals surface area contributed by atoms with E-state index < -0.39 is 29.8 Å². The lowest BCUT2D eigenvalue weighted by molar-refractivity contribution is -0.208. The molecule has 0 aromatic carbocycles. The Morgan fingerprint density at radius 3 is 2.50 bits per heavy atom. The number of amides is 1. The van der Waals surface area contributed by atoms with Crippen LogP contribution in [0.1, 0.15) is 12.8 Å². The molecule has 90 valence electrons. The van der Waals surface area contributed by atoms with Crippen LogP contribution in [0.15, 0.2) is 0 Å². The summed E-state index contributed by atoms with van der Waals surface area (Å²) < 4.78 is 40.2. The molecule has 3 N–H and O–H groups in total. The maximum absolute atomic E-state index is 12.0. The van der Waals surface area contributed by atoms with Crippen LogP contribution in [0, 0.1) is 5.92 Å². The van der Waals surface area contributed by atoms with Crippen LogP contribution in [0.25, 0.3) is 0 Å². The molecular weight excluding hydrogens is 229 g/mol. The molecule has 0 aromatic rings. The standard InChI is InChI=1S/C8H9F3N2O3/c9-8(10,11)6(15)16-7-2-3(7)1-4(13-7)5(12)14/h3-4,13H,1-2H2,(H2,12,14)/t3-,4-,7-/m0/s1. The molecule has 0 unspecified atom stereocenters. The lowest BCUT2D eigenvalue weighted by Crippen LogP contribution is -2.46. The van der Waals surface area contributed by atoms with Crippen molar-refractivity contribution < 1.29 is 27.5 Å². The van der Waals surface area contributed by atoms with Crippen LogP contribution in [-0.4, -0.2) is 29.8 Å². The largest absolute Gasteiger partial charge is 0.490 e. The van der Waals surface area contributed by atoms with Crippen LogP contribution in [0.2, 0.25) is 0 Å². The van der Waals surface area contributed by atoms with Crippen LogP contribution in [0.5, 0.6) is 0 Å². The molecular formula is C8H9F3N2O3. The van der Waals surface area contributed by atoms with Crippen molar-refractivity contribution in [2.75, 3.05) is 0 Å². The predicted octanol–water partition coefficient (Wildman–Crippen LogP) is -0.345. The summed E-state index contributed by atoms with van der Waals surface area (Å²) in [5, 5.41) is 2.53. The normalized spacial score (nSPS) is 36.7. The molecule has 8 heteroatoms. The van der Waals surface area contributed by atoms with Crippen LogP contribution < -0.4 is 11.1 Å². The molecule has 16 heavy (non-hydrogen) atoms. The average Bonchev–Trinajstić information content (AvgIpc) is 2.65. The molecule has 1 amide bonds. The van der Waals surface area contributed by atoms with Gasteiger partial charge in [0.2, 0.25) is 5.91 Å². The Morgan fingerprint density at radius 1 is 1.44 bits per heavy atom. The number of hydrogen-bond acceptors (Lipinski definition) is 4. The Kier molecular flexibility index (Phi) is 2.16. The Bertz CT molecular complexity index is 357. The van der Waals surface area contributed by atoms with Gasteiger partial charge in [0.1, 0.15) is 0 Å². The van der Waals surface area contributed by atoms with Gasteiger partial charge in [-0.1, -0.05) is 0 Å². The molecule has 5 nitrogen and oxygen atoms in total. The van der Waals surface area contributed by atoms with E-state index >= 15 is 0 Å². The molecule has 1 saturated carbocycles. The van der Waals surface area contributed by atoms with Crippen molar-refractivity contribution in [1.29, 1.82) is 0 Å². The number of nitrogens with two attached hydrogens (primary N) is 1. The summed E-state index contributed by atoms with van der Waals surface area (Å²) in [6, 6.07) is -0.722. The molecule has 1 aliphatic carbocycles. The fourth-order valence-electron chi connectivity index (χ4n) is 1.96. The van der Waals surface area contributed by atoms with Gasteiger partial charge in [-0.3, -0.25) is 10.1 Å². The summed E-state index contributed by atoms with van der Waals surface area (Å²) >= 11 is 0. The summed E-state index contributed by atoms with van der Waals surface area (Å²) in [5.41, 5.74) is 3.66. The summed E-state index contributed by atoms with van der Waals surface area (Å²) in [7, 11) is 0.